The fourth-order valence-electron chi connectivity index (χ4n) is 3.54. The van der Waals surface area contributed by atoms with Crippen molar-refractivity contribution in [2.24, 2.45) is 0 Å². The number of hydrogen-bond acceptors (Lipinski definition) is 5. The van der Waals surface area contributed by atoms with Crippen LogP contribution in [-0.4, -0.2) is 43.3 Å². The first-order chi connectivity index (χ1) is 12.6. The number of nitrogens with zero attached hydrogens (tertiary/aromatic N) is 1. The van der Waals surface area contributed by atoms with E-state index in [2.05, 4.69) is 5.32 Å². The maximum atomic E-state index is 12.9. The normalized spacial score (nSPS) is 19.7. The van der Waals surface area contributed by atoms with Crippen LogP contribution in [0.4, 0.5) is 0 Å². The smallest absolute Gasteiger partial charge is 0.276 e. The third-order valence-corrected chi connectivity index (χ3v) is 5.18. The number of rotatable bonds is 5. The van der Waals surface area contributed by atoms with Crippen LogP contribution < -0.4 is 19.5 Å². The Hall–Kier alpha value is -2.28. The second kappa shape index (κ2) is 7.95. The fourth-order valence-corrected chi connectivity index (χ4v) is 3.88. The predicted octanol–water partition coefficient (Wildman–Crippen LogP) is 3.10. The van der Waals surface area contributed by atoms with Gasteiger partial charge in [0.1, 0.15) is 11.4 Å². The first kappa shape index (κ1) is 18.5. The molecule has 140 valence electrons. The monoisotopic (exact) mass is 376 g/mol. The zero-order chi connectivity index (χ0) is 18.7. The highest BCUT2D eigenvalue weighted by atomic mass is 32.1. The van der Waals surface area contributed by atoms with Crippen molar-refractivity contribution in [1.29, 1.82) is 0 Å². The molecule has 2 fully saturated rings. The van der Waals surface area contributed by atoms with Crippen molar-refractivity contribution in [3.8, 4) is 17.2 Å². The molecule has 1 aromatic rings. The average Bonchev–Trinajstić information content (AvgIpc) is 2.95. The summed E-state index contributed by atoms with van der Waals surface area (Å²) >= 11 is 5.42. The average molecular weight is 376 g/mol. The molecule has 26 heavy (non-hydrogen) atoms. The lowest BCUT2D eigenvalue weighted by atomic mass is 9.94. The van der Waals surface area contributed by atoms with Gasteiger partial charge in [-0.1, -0.05) is 19.3 Å². The summed E-state index contributed by atoms with van der Waals surface area (Å²) in [6.07, 6.45) is 7.25. The van der Waals surface area contributed by atoms with E-state index in [1.807, 2.05) is 0 Å². The number of carbonyl (C=O) groups is 1. The fraction of sp³-hybridized carbons (Fsp3) is 0.474. The van der Waals surface area contributed by atoms with Gasteiger partial charge in [0.05, 0.1) is 21.3 Å². The van der Waals surface area contributed by atoms with E-state index >= 15 is 0 Å². The summed E-state index contributed by atoms with van der Waals surface area (Å²) in [5.41, 5.74) is 1.17. The van der Waals surface area contributed by atoms with E-state index in [0.29, 0.717) is 33.6 Å². The van der Waals surface area contributed by atoms with Gasteiger partial charge in [-0.05, 0) is 37.2 Å². The van der Waals surface area contributed by atoms with E-state index in [1.165, 1.54) is 6.42 Å². The van der Waals surface area contributed by atoms with E-state index in [1.54, 1.807) is 44.4 Å². The van der Waals surface area contributed by atoms with Gasteiger partial charge < -0.3 is 19.5 Å². The van der Waals surface area contributed by atoms with Crippen LogP contribution in [0.15, 0.2) is 17.8 Å². The molecule has 1 saturated carbocycles. The van der Waals surface area contributed by atoms with E-state index in [-0.39, 0.29) is 11.9 Å². The second-order valence-corrected chi connectivity index (χ2v) is 6.79. The van der Waals surface area contributed by atoms with Gasteiger partial charge in [0, 0.05) is 17.7 Å². The molecule has 0 aromatic heterocycles. The predicted molar refractivity (Wildman–Crippen MR) is 104 cm³/mol. The number of hydrogen-bond donors (Lipinski definition) is 1. The molecular weight excluding hydrogens is 352 g/mol. The van der Waals surface area contributed by atoms with Crippen molar-refractivity contribution < 1.29 is 19.0 Å². The molecule has 1 aliphatic carbocycles. The summed E-state index contributed by atoms with van der Waals surface area (Å²) in [5, 5.41) is 3.54. The highest BCUT2D eigenvalue weighted by Crippen LogP contribution is 2.36. The Morgan fingerprint density at radius 1 is 1.04 bits per heavy atom. The molecule has 1 N–H and O–H groups in total. The molecule has 1 amide bonds. The van der Waals surface area contributed by atoms with Crippen molar-refractivity contribution in [2.45, 2.75) is 38.1 Å². The highest BCUT2D eigenvalue weighted by molar-refractivity contribution is 7.80. The zero-order valence-corrected chi connectivity index (χ0v) is 16.1. The molecule has 0 atom stereocenters. The van der Waals surface area contributed by atoms with Gasteiger partial charge in [0.15, 0.2) is 16.6 Å². The summed E-state index contributed by atoms with van der Waals surface area (Å²) in [6, 6.07) is 3.71. The van der Waals surface area contributed by atoms with Crippen molar-refractivity contribution in [3.63, 3.8) is 0 Å². The molecule has 1 saturated heterocycles. The summed E-state index contributed by atoms with van der Waals surface area (Å²) < 4.78 is 16.1. The molecule has 1 heterocycles. The van der Waals surface area contributed by atoms with Crippen LogP contribution in [0.5, 0.6) is 17.2 Å². The molecular formula is C19H24N2O4S. The minimum absolute atomic E-state index is 0.0845. The molecule has 6 nitrogen and oxygen atoms in total. The summed E-state index contributed by atoms with van der Waals surface area (Å²) in [6.45, 7) is 0. The van der Waals surface area contributed by atoms with E-state index < -0.39 is 0 Å². The minimum Gasteiger partial charge on any atom is -0.496 e. The number of amides is 1. The molecule has 0 bridgehead atoms. The topological polar surface area (TPSA) is 60.0 Å². The van der Waals surface area contributed by atoms with Crippen molar-refractivity contribution >= 4 is 29.3 Å². The molecule has 7 heteroatoms. The van der Waals surface area contributed by atoms with E-state index in [0.717, 1.165) is 25.7 Å². The number of carbonyl (C=O) groups excluding carboxylic acids is 1. The van der Waals surface area contributed by atoms with Gasteiger partial charge in [-0.3, -0.25) is 9.69 Å². The van der Waals surface area contributed by atoms with Crippen molar-refractivity contribution in [2.75, 3.05) is 21.3 Å². The Morgan fingerprint density at radius 2 is 1.65 bits per heavy atom. The molecule has 0 radical (unpaired) electrons. The maximum absolute atomic E-state index is 12.9. The standard InChI is InChI=1S/C19H24N2O4S/c1-23-15-11-17(25-3)16(24-2)10-12(15)9-14-18(22)21(19(26)20-14)13-7-5-4-6-8-13/h9-11,13H,4-8H2,1-3H3,(H,20,26). The van der Waals surface area contributed by atoms with E-state index in [4.69, 9.17) is 26.4 Å². The number of ether oxygens (including phenoxy) is 3. The van der Waals surface area contributed by atoms with Crippen LogP contribution in [0.3, 0.4) is 0 Å². The number of thiocarbonyl (C=S) groups is 1. The lowest BCUT2D eigenvalue weighted by Crippen LogP contribution is -2.41. The van der Waals surface area contributed by atoms with Gasteiger partial charge in [-0.15, -0.1) is 0 Å². The number of benzene rings is 1. The van der Waals surface area contributed by atoms with E-state index in [9.17, 15) is 4.79 Å². The van der Waals surface area contributed by atoms with Gasteiger partial charge in [0.2, 0.25) is 0 Å². The molecule has 1 aliphatic heterocycles. The van der Waals surface area contributed by atoms with Crippen LogP contribution >= 0.6 is 12.2 Å². The third kappa shape index (κ3) is 3.49. The van der Waals surface area contributed by atoms with Gasteiger partial charge in [-0.25, -0.2) is 0 Å². The van der Waals surface area contributed by atoms with Crippen LogP contribution in [-0.2, 0) is 4.79 Å². The SMILES string of the molecule is COc1cc(OC)c(OC)cc1C=C1NC(=S)N(C2CCCCC2)C1=O. The highest BCUT2D eigenvalue weighted by Gasteiger charge is 2.36. The number of methoxy groups -OCH3 is 3. The molecule has 0 spiro atoms. The Kier molecular flexibility index (Phi) is 5.66. The lowest BCUT2D eigenvalue weighted by molar-refractivity contribution is -0.124. The Balaban J connectivity index is 1.92. The van der Waals surface area contributed by atoms with Crippen LogP contribution in [0, 0.1) is 0 Å². The zero-order valence-electron chi connectivity index (χ0n) is 15.3. The van der Waals surface area contributed by atoms with Crippen LogP contribution in [0.2, 0.25) is 0 Å². The summed E-state index contributed by atoms with van der Waals surface area (Å²) in [4.78, 5) is 14.6. The Bertz CT molecular complexity index is 741. The van der Waals surface area contributed by atoms with Gasteiger partial charge in [-0.2, -0.15) is 0 Å². The summed E-state index contributed by atoms with van der Waals surface area (Å²) in [5.74, 6) is 1.64. The minimum atomic E-state index is -0.0845. The molecule has 2 aliphatic rings. The Morgan fingerprint density at radius 3 is 2.27 bits per heavy atom. The van der Waals surface area contributed by atoms with Gasteiger partial charge in [0.25, 0.3) is 5.91 Å². The van der Waals surface area contributed by atoms with Crippen molar-refractivity contribution in [3.05, 3.63) is 23.4 Å². The molecule has 1 aromatic carbocycles. The second-order valence-electron chi connectivity index (χ2n) is 6.40. The first-order valence-electron chi connectivity index (χ1n) is 8.75. The van der Waals surface area contributed by atoms with Crippen LogP contribution in [0.25, 0.3) is 6.08 Å². The summed E-state index contributed by atoms with van der Waals surface area (Å²) in [7, 11) is 4.71. The molecule has 0 unspecified atom stereocenters. The quantitative estimate of drug-likeness (QED) is 0.629. The molecule has 3 rings (SSSR count). The maximum Gasteiger partial charge on any atom is 0.276 e. The lowest BCUT2D eigenvalue weighted by Gasteiger charge is -2.29. The third-order valence-electron chi connectivity index (χ3n) is 4.89. The van der Waals surface area contributed by atoms with Crippen LogP contribution in [0.1, 0.15) is 37.7 Å². The largest absolute Gasteiger partial charge is 0.496 e. The first-order valence-corrected chi connectivity index (χ1v) is 9.16. The van der Waals surface area contributed by atoms with Crippen molar-refractivity contribution in [1.82, 2.24) is 10.2 Å². The number of nitrogens with one attached hydrogen (secondary N) is 1. The Labute approximate surface area is 159 Å². The van der Waals surface area contributed by atoms with Gasteiger partial charge >= 0.3 is 0 Å².